The summed E-state index contributed by atoms with van der Waals surface area (Å²) in [6.45, 7) is 4.02. The van der Waals surface area contributed by atoms with Crippen LogP contribution in [0.25, 0.3) is 0 Å². The summed E-state index contributed by atoms with van der Waals surface area (Å²) < 4.78 is 27.0. The van der Waals surface area contributed by atoms with Crippen molar-refractivity contribution in [3.05, 3.63) is 59.7 Å². The number of hydrogen-bond donors (Lipinski definition) is 2. The lowest BCUT2D eigenvalue weighted by atomic mass is 10.1. The summed E-state index contributed by atoms with van der Waals surface area (Å²) in [4.78, 5) is 0. The first-order valence-electron chi connectivity index (χ1n) is 8.83. The third-order valence-electron chi connectivity index (χ3n) is 4.51. The van der Waals surface area contributed by atoms with Gasteiger partial charge in [-0.2, -0.15) is 0 Å². The van der Waals surface area contributed by atoms with Gasteiger partial charge >= 0.3 is 0 Å². The van der Waals surface area contributed by atoms with E-state index in [-0.39, 0.29) is 0 Å². The first-order valence-corrected chi connectivity index (χ1v) is 10.4. The molecule has 2 aromatic carbocycles. The van der Waals surface area contributed by atoms with Crippen LogP contribution in [-0.2, 0) is 9.84 Å². The van der Waals surface area contributed by atoms with Crippen LogP contribution in [0.2, 0.25) is 0 Å². The third kappa shape index (κ3) is 4.54. The zero-order valence-corrected chi connectivity index (χ0v) is 15.8. The lowest BCUT2D eigenvalue weighted by Crippen LogP contribution is -2.21. The van der Waals surface area contributed by atoms with E-state index in [2.05, 4.69) is 0 Å². The maximum Gasteiger partial charge on any atom is 0.164 e. The summed E-state index contributed by atoms with van der Waals surface area (Å²) >= 11 is 0. The molecule has 2 rings (SSSR count). The fourth-order valence-electron chi connectivity index (χ4n) is 3.19. The molecule has 0 radical (unpaired) electrons. The molecule has 25 heavy (non-hydrogen) atoms. The number of nitrogen functional groups attached to an aromatic ring is 2. The molecular weight excluding hydrogens is 332 g/mol. The van der Waals surface area contributed by atoms with E-state index in [1.54, 1.807) is 24.3 Å². The minimum atomic E-state index is -3.40. The summed E-state index contributed by atoms with van der Waals surface area (Å²) in [5, 5.41) is -1.04. The molecule has 0 heterocycles. The molecule has 0 aromatic heterocycles. The number of nitrogens with two attached hydrogens (primary N) is 2. The highest BCUT2D eigenvalue weighted by atomic mass is 32.2. The van der Waals surface area contributed by atoms with Gasteiger partial charge in [0.1, 0.15) is 0 Å². The molecular formula is C20H28N2O2S. The standard InChI is InChI=1S/C20H28N2O2S/c1-3-5-19(15-7-11-17(21)12-8-15)25(23,24)20(6-4-2)16-9-13-18(22)14-10-16/h7-14,19-20H,3-6,21-22H2,1-2H3. The van der Waals surface area contributed by atoms with Crippen molar-refractivity contribution >= 4 is 21.2 Å². The summed E-state index contributed by atoms with van der Waals surface area (Å²) in [5.74, 6) is 0. The van der Waals surface area contributed by atoms with Crippen LogP contribution in [0.15, 0.2) is 48.5 Å². The van der Waals surface area contributed by atoms with Gasteiger partial charge in [-0.15, -0.1) is 0 Å². The molecule has 0 aliphatic rings. The Kier molecular flexibility index (Phi) is 6.48. The van der Waals surface area contributed by atoms with Crippen molar-refractivity contribution < 1.29 is 8.42 Å². The highest BCUT2D eigenvalue weighted by molar-refractivity contribution is 7.91. The van der Waals surface area contributed by atoms with E-state index in [9.17, 15) is 8.42 Å². The molecule has 0 saturated heterocycles. The van der Waals surface area contributed by atoms with Gasteiger partial charge in [0.15, 0.2) is 9.84 Å². The molecule has 4 nitrogen and oxygen atoms in total. The Labute approximate surface area is 151 Å². The van der Waals surface area contributed by atoms with E-state index >= 15 is 0 Å². The van der Waals surface area contributed by atoms with Crippen LogP contribution >= 0.6 is 0 Å². The smallest absolute Gasteiger partial charge is 0.164 e. The van der Waals surface area contributed by atoms with Crippen LogP contribution in [0.4, 0.5) is 11.4 Å². The predicted molar refractivity (Wildman–Crippen MR) is 106 cm³/mol. The summed E-state index contributed by atoms with van der Waals surface area (Å²) in [7, 11) is -3.40. The Morgan fingerprint density at radius 3 is 1.32 bits per heavy atom. The molecule has 0 spiro atoms. The first-order chi connectivity index (χ1) is 11.9. The Morgan fingerprint density at radius 1 is 0.720 bits per heavy atom. The minimum Gasteiger partial charge on any atom is -0.399 e. The van der Waals surface area contributed by atoms with Gasteiger partial charge in [-0.3, -0.25) is 0 Å². The third-order valence-corrected chi connectivity index (χ3v) is 7.11. The molecule has 136 valence electrons. The van der Waals surface area contributed by atoms with Gasteiger partial charge in [-0.1, -0.05) is 51.0 Å². The van der Waals surface area contributed by atoms with Gasteiger partial charge in [0, 0.05) is 11.4 Å². The highest BCUT2D eigenvalue weighted by Gasteiger charge is 2.35. The molecule has 0 amide bonds. The molecule has 2 unspecified atom stereocenters. The van der Waals surface area contributed by atoms with Crippen molar-refractivity contribution in [2.24, 2.45) is 0 Å². The second-order valence-electron chi connectivity index (χ2n) is 6.48. The van der Waals surface area contributed by atoms with Crippen molar-refractivity contribution in [3.63, 3.8) is 0 Å². The van der Waals surface area contributed by atoms with E-state index in [1.807, 2.05) is 38.1 Å². The Balaban J connectivity index is 2.47. The molecule has 0 saturated carbocycles. The number of benzene rings is 2. The summed E-state index contributed by atoms with van der Waals surface area (Å²) in [5.41, 5.74) is 14.4. The van der Waals surface area contributed by atoms with Gasteiger partial charge in [-0.05, 0) is 48.2 Å². The fraction of sp³-hybridized carbons (Fsp3) is 0.400. The van der Waals surface area contributed by atoms with E-state index in [1.165, 1.54) is 0 Å². The maximum atomic E-state index is 13.5. The van der Waals surface area contributed by atoms with Crippen molar-refractivity contribution in [2.75, 3.05) is 11.5 Å². The van der Waals surface area contributed by atoms with Crippen molar-refractivity contribution in [2.45, 2.75) is 50.0 Å². The van der Waals surface area contributed by atoms with Crippen LogP contribution in [0.1, 0.15) is 61.2 Å². The van der Waals surface area contributed by atoms with Crippen molar-refractivity contribution in [3.8, 4) is 0 Å². The zero-order valence-electron chi connectivity index (χ0n) is 15.0. The predicted octanol–water partition coefficient (Wildman–Crippen LogP) is 4.65. The number of anilines is 2. The number of sulfone groups is 1. The van der Waals surface area contributed by atoms with Gasteiger partial charge in [0.25, 0.3) is 0 Å². The van der Waals surface area contributed by atoms with E-state index in [4.69, 9.17) is 11.5 Å². The minimum absolute atomic E-state index is 0.521. The van der Waals surface area contributed by atoms with E-state index < -0.39 is 20.3 Å². The molecule has 0 aliphatic carbocycles. The Morgan fingerprint density at radius 2 is 1.04 bits per heavy atom. The van der Waals surface area contributed by atoms with Crippen LogP contribution in [-0.4, -0.2) is 8.42 Å². The second-order valence-corrected chi connectivity index (χ2v) is 8.79. The molecule has 0 fully saturated rings. The van der Waals surface area contributed by atoms with Crippen molar-refractivity contribution in [1.82, 2.24) is 0 Å². The molecule has 4 N–H and O–H groups in total. The fourth-order valence-corrected chi connectivity index (χ4v) is 5.78. The van der Waals surface area contributed by atoms with Crippen LogP contribution in [0.5, 0.6) is 0 Å². The zero-order chi connectivity index (χ0) is 18.4. The topological polar surface area (TPSA) is 86.2 Å². The summed E-state index contributed by atoms with van der Waals surface area (Å²) in [6.07, 6.45) is 2.80. The van der Waals surface area contributed by atoms with Gasteiger partial charge in [-0.25, -0.2) is 8.42 Å². The molecule has 0 aliphatic heterocycles. The number of hydrogen-bond acceptors (Lipinski definition) is 4. The monoisotopic (exact) mass is 360 g/mol. The molecule has 2 aromatic rings. The average Bonchev–Trinajstić information content (AvgIpc) is 2.59. The lowest BCUT2D eigenvalue weighted by molar-refractivity contribution is 0.551. The molecule has 5 heteroatoms. The van der Waals surface area contributed by atoms with E-state index in [0.717, 1.165) is 24.0 Å². The quantitative estimate of drug-likeness (QED) is 0.671. The maximum absolute atomic E-state index is 13.5. The van der Waals surface area contributed by atoms with Crippen LogP contribution < -0.4 is 11.5 Å². The van der Waals surface area contributed by atoms with Gasteiger partial charge in [0.05, 0.1) is 10.5 Å². The average molecular weight is 361 g/mol. The molecule has 0 bridgehead atoms. The highest BCUT2D eigenvalue weighted by Crippen LogP contribution is 2.39. The lowest BCUT2D eigenvalue weighted by Gasteiger charge is -2.25. The second kappa shape index (κ2) is 8.39. The van der Waals surface area contributed by atoms with Crippen LogP contribution in [0.3, 0.4) is 0 Å². The SMILES string of the molecule is CCCC(c1ccc(N)cc1)S(=O)(=O)C(CCC)c1ccc(N)cc1. The van der Waals surface area contributed by atoms with E-state index in [0.29, 0.717) is 24.2 Å². The number of rotatable bonds is 8. The van der Waals surface area contributed by atoms with Crippen LogP contribution in [0, 0.1) is 0 Å². The van der Waals surface area contributed by atoms with Crippen molar-refractivity contribution in [1.29, 1.82) is 0 Å². The largest absolute Gasteiger partial charge is 0.399 e. The van der Waals surface area contributed by atoms with Gasteiger partial charge in [0.2, 0.25) is 0 Å². The Bertz CT molecular complexity index is 707. The normalized spacial score (nSPS) is 14.2. The van der Waals surface area contributed by atoms with Gasteiger partial charge < -0.3 is 11.5 Å². The summed E-state index contributed by atoms with van der Waals surface area (Å²) in [6, 6.07) is 14.4. The first kappa shape index (κ1) is 19.3. The Hall–Kier alpha value is -2.01. The molecule has 2 atom stereocenters.